The fourth-order valence-corrected chi connectivity index (χ4v) is 3.01. The normalized spacial score (nSPS) is 16.6. The molecule has 3 heterocycles. The molecule has 1 aliphatic rings. The van der Waals surface area contributed by atoms with Gasteiger partial charge in [0, 0.05) is 32.2 Å². The first kappa shape index (κ1) is 22.6. The molecule has 9 nitrogen and oxygen atoms in total. The highest BCUT2D eigenvalue weighted by Gasteiger charge is 2.22. The maximum absolute atomic E-state index is 5.37. The summed E-state index contributed by atoms with van der Waals surface area (Å²) in [5.41, 5.74) is 0.955. The smallest absolute Gasteiger partial charge is 0.191 e. The molecule has 0 aliphatic carbocycles. The van der Waals surface area contributed by atoms with Gasteiger partial charge in [-0.05, 0) is 19.3 Å². The second-order valence-electron chi connectivity index (χ2n) is 7.01. The van der Waals surface area contributed by atoms with E-state index in [9.17, 15) is 0 Å². The Balaban J connectivity index is 0.00000280. The van der Waals surface area contributed by atoms with Crippen LogP contribution in [-0.2, 0) is 30.9 Å². The maximum atomic E-state index is 5.37. The first-order valence-corrected chi connectivity index (χ1v) is 9.50. The molecule has 2 N–H and O–H groups in total. The number of ether oxygens (including phenoxy) is 1. The zero-order valence-electron chi connectivity index (χ0n) is 16.9. The van der Waals surface area contributed by atoms with Gasteiger partial charge in [0.1, 0.15) is 19.0 Å². The summed E-state index contributed by atoms with van der Waals surface area (Å²) < 4.78 is 12.5. The second kappa shape index (κ2) is 10.7. The van der Waals surface area contributed by atoms with Crippen LogP contribution in [0.4, 0.5) is 0 Å². The van der Waals surface area contributed by atoms with E-state index in [-0.39, 0.29) is 30.0 Å². The number of aryl methyl sites for hydroxylation is 1. The molecule has 0 spiro atoms. The third kappa shape index (κ3) is 5.90. The van der Waals surface area contributed by atoms with Crippen LogP contribution >= 0.6 is 24.0 Å². The van der Waals surface area contributed by atoms with E-state index in [0.717, 1.165) is 55.0 Å². The second-order valence-corrected chi connectivity index (χ2v) is 7.01. The van der Waals surface area contributed by atoms with E-state index in [1.165, 1.54) is 0 Å². The van der Waals surface area contributed by atoms with E-state index in [2.05, 4.69) is 51.6 Å². The van der Waals surface area contributed by atoms with Crippen molar-refractivity contribution >= 4 is 29.9 Å². The molecule has 0 radical (unpaired) electrons. The molecule has 1 unspecified atom stereocenters. The van der Waals surface area contributed by atoms with Gasteiger partial charge in [-0.3, -0.25) is 0 Å². The molecule has 0 amide bonds. The largest absolute Gasteiger partial charge is 0.377 e. The average molecular weight is 503 g/mol. The van der Waals surface area contributed by atoms with Gasteiger partial charge in [-0.2, -0.15) is 5.10 Å². The van der Waals surface area contributed by atoms with Gasteiger partial charge in [0.15, 0.2) is 17.5 Å². The maximum Gasteiger partial charge on any atom is 0.191 e. The van der Waals surface area contributed by atoms with Gasteiger partial charge in [0.25, 0.3) is 0 Å². The standard InChI is InChI=1S/C18H29N7O2.HI/c1-5-19-18(20-9-14-8-15(12(2)3)24-27-14)21-13-6-7-17-22-16(11-26-4)23-25(17)10-13;/h8,12-13H,5-7,9-11H2,1-4H3,(H2,19,20,21);1H. The quantitative estimate of drug-likeness (QED) is 0.340. The molecule has 2 aromatic rings. The fraction of sp³-hybridized carbons (Fsp3) is 0.667. The van der Waals surface area contributed by atoms with Gasteiger partial charge >= 0.3 is 0 Å². The lowest BCUT2D eigenvalue weighted by Crippen LogP contribution is -2.47. The van der Waals surface area contributed by atoms with E-state index in [1.54, 1.807) is 7.11 Å². The summed E-state index contributed by atoms with van der Waals surface area (Å²) in [4.78, 5) is 9.15. The molecule has 0 saturated heterocycles. The minimum atomic E-state index is 0. The number of aliphatic imine (C=N–C) groups is 1. The van der Waals surface area contributed by atoms with Crippen molar-refractivity contribution in [1.82, 2.24) is 30.6 Å². The number of guanidine groups is 1. The van der Waals surface area contributed by atoms with Crippen LogP contribution in [0, 0.1) is 0 Å². The Bertz CT molecular complexity index is 772. The molecule has 0 aromatic carbocycles. The number of nitrogens with zero attached hydrogens (tertiary/aromatic N) is 5. The third-order valence-corrected chi connectivity index (χ3v) is 4.42. The molecule has 156 valence electrons. The summed E-state index contributed by atoms with van der Waals surface area (Å²) in [6.07, 6.45) is 1.86. The monoisotopic (exact) mass is 503 g/mol. The van der Waals surface area contributed by atoms with Crippen molar-refractivity contribution in [2.24, 2.45) is 4.99 Å². The van der Waals surface area contributed by atoms with Crippen LogP contribution in [0.15, 0.2) is 15.6 Å². The minimum absolute atomic E-state index is 0. The number of nitrogens with one attached hydrogen (secondary N) is 2. The number of halogens is 1. The highest BCUT2D eigenvalue weighted by atomic mass is 127. The van der Waals surface area contributed by atoms with Crippen molar-refractivity contribution in [3.8, 4) is 0 Å². The summed E-state index contributed by atoms with van der Waals surface area (Å²) in [6.45, 7) is 8.68. The highest BCUT2D eigenvalue weighted by Crippen LogP contribution is 2.15. The van der Waals surface area contributed by atoms with Gasteiger partial charge in [-0.1, -0.05) is 19.0 Å². The summed E-state index contributed by atoms with van der Waals surface area (Å²) in [5.74, 6) is 3.64. The Morgan fingerprint density at radius 2 is 2.29 bits per heavy atom. The van der Waals surface area contributed by atoms with Gasteiger partial charge in [-0.25, -0.2) is 14.7 Å². The average Bonchev–Trinajstić information content (AvgIpc) is 3.26. The molecular formula is C18H30IN7O2. The molecule has 0 bridgehead atoms. The van der Waals surface area contributed by atoms with Crippen molar-refractivity contribution in [1.29, 1.82) is 0 Å². The third-order valence-electron chi connectivity index (χ3n) is 4.42. The van der Waals surface area contributed by atoms with Crippen molar-refractivity contribution in [3.63, 3.8) is 0 Å². The molecule has 0 saturated carbocycles. The number of fused-ring (bicyclic) bond motifs is 1. The molecule has 10 heteroatoms. The molecule has 1 aliphatic heterocycles. The van der Waals surface area contributed by atoms with E-state index in [1.807, 2.05) is 10.7 Å². The highest BCUT2D eigenvalue weighted by molar-refractivity contribution is 14.0. The SMILES string of the molecule is CCNC(=NCc1cc(C(C)C)no1)NC1CCc2nc(COC)nn2C1.I. The lowest BCUT2D eigenvalue weighted by atomic mass is 10.1. The number of rotatable bonds is 7. The first-order chi connectivity index (χ1) is 13.1. The molecule has 0 fully saturated rings. The molecule has 3 rings (SSSR count). The molecule has 1 atom stereocenters. The lowest BCUT2D eigenvalue weighted by Gasteiger charge is -2.25. The van der Waals surface area contributed by atoms with Crippen LogP contribution in [0.1, 0.15) is 56.2 Å². The minimum Gasteiger partial charge on any atom is -0.377 e. The Hall–Kier alpha value is -1.69. The number of methoxy groups -OCH3 is 1. The summed E-state index contributed by atoms with van der Waals surface area (Å²) >= 11 is 0. The number of hydrogen-bond donors (Lipinski definition) is 2. The topological polar surface area (TPSA) is 102 Å². The summed E-state index contributed by atoms with van der Waals surface area (Å²) in [7, 11) is 1.65. The van der Waals surface area contributed by atoms with Crippen molar-refractivity contribution in [2.45, 2.75) is 65.3 Å². The van der Waals surface area contributed by atoms with Crippen LogP contribution in [-0.4, -0.2) is 45.6 Å². The Labute approximate surface area is 182 Å². The van der Waals surface area contributed by atoms with Crippen molar-refractivity contribution in [3.05, 3.63) is 29.2 Å². The summed E-state index contributed by atoms with van der Waals surface area (Å²) in [5, 5.41) is 15.4. The fourth-order valence-electron chi connectivity index (χ4n) is 3.01. The zero-order valence-corrected chi connectivity index (χ0v) is 19.3. The van der Waals surface area contributed by atoms with Gasteiger partial charge in [-0.15, -0.1) is 24.0 Å². The van der Waals surface area contributed by atoms with E-state index in [0.29, 0.717) is 19.1 Å². The van der Waals surface area contributed by atoms with Crippen LogP contribution in [0.25, 0.3) is 0 Å². The first-order valence-electron chi connectivity index (χ1n) is 9.50. The Morgan fingerprint density at radius 1 is 1.46 bits per heavy atom. The Kier molecular flexibility index (Phi) is 8.67. The zero-order chi connectivity index (χ0) is 19.2. The van der Waals surface area contributed by atoms with E-state index in [4.69, 9.17) is 9.26 Å². The van der Waals surface area contributed by atoms with Gasteiger partial charge in [0.05, 0.1) is 12.2 Å². The van der Waals surface area contributed by atoms with Crippen LogP contribution in [0.3, 0.4) is 0 Å². The summed E-state index contributed by atoms with van der Waals surface area (Å²) in [6, 6.07) is 2.21. The molecule has 28 heavy (non-hydrogen) atoms. The van der Waals surface area contributed by atoms with Crippen LogP contribution < -0.4 is 10.6 Å². The van der Waals surface area contributed by atoms with Crippen molar-refractivity contribution < 1.29 is 9.26 Å². The predicted molar refractivity (Wildman–Crippen MR) is 117 cm³/mol. The molecular weight excluding hydrogens is 473 g/mol. The van der Waals surface area contributed by atoms with E-state index >= 15 is 0 Å². The molecule has 2 aromatic heterocycles. The predicted octanol–water partition coefficient (Wildman–Crippen LogP) is 2.22. The van der Waals surface area contributed by atoms with Crippen molar-refractivity contribution in [2.75, 3.05) is 13.7 Å². The number of hydrogen-bond acceptors (Lipinski definition) is 6. The van der Waals surface area contributed by atoms with Crippen LogP contribution in [0.2, 0.25) is 0 Å². The van der Waals surface area contributed by atoms with Crippen LogP contribution in [0.5, 0.6) is 0 Å². The van der Waals surface area contributed by atoms with E-state index < -0.39 is 0 Å². The van der Waals surface area contributed by atoms with Gasteiger partial charge < -0.3 is 19.9 Å². The van der Waals surface area contributed by atoms with Gasteiger partial charge in [0.2, 0.25) is 0 Å². The Morgan fingerprint density at radius 3 is 2.96 bits per heavy atom. The number of aromatic nitrogens is 4. The lowest BCUT2D eigenvalue weighted by molar-refractivity contribution is 0.177.